The highest BCUT2D eigenvalue weighted by Crippen LogP contribution is 2.32. The van der Waals surface area contributed by atoms with Gasteiger partial charge in [0.05, 0.1) is 4.92 Å². The van der Waals surface area contributed by atoms with Crippen LogP contribution in [0.15, 0.2) is 34.8 Å². The van der Waals surface area contributed by atoms with Gasteiger partial charge in [-0.05, 0) is 18.2 Å². The van der Waals surface area contributed by atoms with Gasteiger partial charge in [0, 0.05) is 16.6 Å². The van der Waals surface area contributed by atoms with Gasteiger partial charge in [0.2, 0.25) is 0 Å². The molecular formula is C11H5BrClFN2O3. The first kappa shape index (κ1) is 13.7. The summed E-state index contributed by atoms with van der Waals surface area (Å²) in [6.45, 7) is 0. The van der Waals surface area contributed by atoms with Gasteiger partial charge in [-0.3, -0.25) is 10.1 Å². The van der Waals surface area contributed by atoms with E-state index in [1.54, 1.807) is 0 Å². The summed E-state index contributed by atoms with van der Waals surface area (Å²) in [5.41, 5.74) is -0.357. The molecule has 19 heavy (non-hydrogen) atoms. The van der Waals surface area contributed by atoms with E-state index in [2.05, 4.69) is 20.9 Å². The molecule has 98 valence electrons. The molecular weight excluding hydrogens is 342 g/mol. The Morgan fingerprint density at radius 2 is 2.11 bits per heavy atom. The summed E-state index contributed by atoms with van der Waals surface area (Å²) in [6.07, 6.45) is 0. The molecule has 0 bridgehead atoms. The van der Waals surface area contributed by atoms with Crippen LogP contribution in [-0.4, -0.2) is 9.91 Å². The third-order valence-corrected chi connectivity index (χ3v) is 2.72. The minimum Gasteiger partial charge on any atom is -0.434 e. The van der Waals surface area contributed by atoms with Gasteiger partial charge < -0.3 is 4.74 Å². The highest BCUT2D eigenvalue weighted by atomic mass is 79.9. The molecule has 0 aliphatic heterocycles. The molecule has 0 aliphatic rings. The van der Waals surface area contributed by atoms with Crippen LogP contribution in [0.3, 0.4) is 0 Å². The minimum absolute atomic E-state index is 0.0380. The van der Waals surface area contributed by atoms with Crippen molar-refractivity contribution in [2.45, 2.75) is 0 Å². The van der Waals surface area contributed by atoms with Crippen molar-refractivity contribution in [3.8, 4) is 11.6 Å². The van der Waals surface area contributed by atoms with Crippen LogP contribution in [-0.2, 0) is 0 Å². The van der Waals surface area contributed by atoms with E-state index < -0.39 is 10.7 Å². The summed E-state index contributed by atoms with van der Waals surface area (Å²) in [5.74, 6) is -0.770. The molecule has 0 atom stereocenters. The number of hydrogen-bond donors (Lipinski definition) is 0. The van der Waals surface area contributed by atoms with E-state index in [1.165, 1.54) is 24.3 Å². The lowest BCUT2D eigenvalue weighted by atomic mass is 10.3. The summed E-state index contributed by atoms with van der Waals surface area (Å²) in [5, 5.41) is 10.9. The van der Waals surface area contributed by atoms with Crippen LogP contribution in [0.2, 0.25) is 5.15 Å². The average Bonchev–Trinajstić information content (AvgIpc) is 2.26. The number of aromatic nitrogens is 1. The molecule has 1 aromatic heterocycles. The van der Waals surface area contributed by atoms with Gasteiger partial charge in [0.15, 0.2) is 0 Å². The average molecular weight is 348 g/mol. The van der Waals surface area contributed by atoms with Gasteiger partial charge in [-0.2, -0.15) is 4.98 Å². The Bertz CT molecular complexity index is 634. The fraction of sp³-hybridized carbons (Fsp3) is 0. The van der Waals surface area contributed by atoms with E-state index in [0.29, 0.717) is 4.47 Å². The fourth-order valence-electron chi connectivity index (χ4n) is 1.32. The van der Waals surface area contributed by atoms with E-state index in [1.807, 2.05) is 0 Å². The second kappa shape index (κ2) is 5.50. The lowest BCUT2D eigenvalue weighted by Gasteiger charge is -2.06. The van der Waals surface area contributed by atoms with Gasteiger partial charge in [-0.25, -0.2) is 4.39 Å². The van der Waals surface area contributed by atoms with E-state index in [4.69, 9.17) is 16.3 Å². The number of nitrogens with zero attached hydrogens (tertiary/aromatic N) is 2. The Kier molecular flexibility index (Phi) is 3.96. The standard InChI is InChI=1S/C11H5BrClFN2O3/c12-6-3-7(14)5-8(4-6)19-11-9(16(17)18)1-2-10(13)15-11/h1-5H. The molecule has 8 heteroatoms. The molecule has 0 aliphatic carbocycles. The second-order valence-electron chi connectivity index (χ2n) is 3.42. The van der Waals surface area contributed by atoms with Crippen LogP contribution in [0.1, 0.15) is 0 Å². The maximum absolute atomic E-state index is 13.2. The normalized spacial score (nSPS) is 10.3. The third kappa shape index (κ3) is 3.39. The first-order valence-electron chi connectivity index (χ1n) is 4.90. The Balaban J connectivity index is 2.42. The van der Waals surface area contributed by atoms with Crippen LogP contribution < -0.4 is 4.74 Å². The molecule has 0 saturated carbocycles. The molecule has 0 fully saturated rings. The van der Waals surface area contributed by atoms with Gasteiger partial charge in [-0.1, -0.05) is 27.5 Å². The molecule has 0 saturated heterocycles. The number of nitro groups is 1. The largest absolute Gasteiger partial charge is 0.434 e. The van der Waals surface area contributed by atoms with Gasteiger partial charge >= 0.3 is 11.6 Å². The van der Waals surface area contributed by atoms with Crippen molar-refractivity contribution in [1.82, 2.24) is 4.98 Å². The summed E-state index contributed by atoms with van der Waals surface area (Å²) >= 11 is 8.74. The number of halogens is 3. The topological polar surface area (TPSA) is 65.3 Å². The number of hydrogen-bond acceptors (Lipinski definition) is 4. The summed E-state index contributed by atoms with van der Waals surface area (Å²) < 4.78 is 18.8. The Morgan fingerprint density at radius 1 is 1.37 bits per heavy atom. The zero-order valence-electron chi connectivity index (χ0n) is 9.14. The second-order valence-corrected chi connectivity index (χ2v) is 4.73. The van der Waals surface area contributed by atoms with Gasteiger partial charge in [0.1, 0.15) is 16.7 Å². The monoisotopic (exact) mass is 346 g/mol. The smallest absolute Gasteiger partial charge is 0.331 e. The highest BCUT2D eigenvalue weighted by Gasteiger charge is 2.18. The van der Waals surface area contributed by atoms with Crippen LogP contribution in [0.4, 0.5) is 10.1 Å². The van der Waals surface area contributed by atoms with Crippen molar-refractivity contribution >= 4 is 33.2 Å². The van der Waals surface area contributed by atoms with Crippen molar-refractivity contribution < 1.29 is 14.1 Å². The van der Waals surface area contributed by atoms with E-state index in [-0.39, 0.29) is 22.5 Å². The lowest BCUT2D eigenvalue weighted by Crippen LogP contribution is -1.96. The lowest BCUT2D eigenvalue weighted by molar-refractivity contribution is -0.386. The van der Waals surface area contributed by atoms with E-state index in [9.17, 15) is 14.5 Å². The molecule has 1 heterocycles. The maximum Gasteiger partial charge on any atom is 0.331 e. The Hall–Kier alpha value is -1.73. The molecule has 0 spiro atoms. The summed E-state index contributed by atoms with van der Waals surface area (Å²) in [4.78, 5) is 13.9. The summed E-state index contributed by atoms with van der Waals surface area (Å²) in [6, 6.07) is 6.20. The predicted molar refractivity (Wildman–Crippen MR) is 70.1 cm³/mol. The van der Waals surface area contributed by atoms with E-state index >= 15 is 0 Å². The maximum atomic E-state index is 13.2. The molecule has 0 radical (unpaired) electrons. The molecule has 5 nitrogen and oxygen atoms in total. The summed E-state index contributed by atoms with van der Waals surface area (Å²) in [7, 11) is 0. The predicted octanol–water partition coefficient (Wildman–Crippen LogP) is 4.34. The molecule has 2 aromatic rings. The first-order chi connectivity index (χ1) is 8.95. The molecule has 2 rings (SSSR count). The van der Waals surface area contributed by atoms with Crippen molar-refractivity contribution in [2.75, 3.05) is 0 Å². The number of pyridine rings is 1. The zero-order valence-corrected chi connectivity index (χ0v) is 11.5. The molecule has 1 aromatic carbocycles. The van der Waals surface area contributed by atoms with Crippen molar-refractivity contribution in [3.63, 3.8) is 0 Å². The van der Waals surface area contributed by atoms with Crippen LogP contribution in [0.5, 0.6) is 11.6 Å². The molecule has 0 unspecified atom stereocenters. The highest BCUT2D eigenvalue weighted by molar-refractivity contribution is 9.10. The van der Waals surface area contributed by atoms with Crippen molar-refractivity contribution in [1.29, 1.82) is 0 Å². The molecule has 0 N–H and O–H groups in total. The van der Waals surface area contributed by atoms with Crippen LogP contribution >= 0.6 is 27.5 Å². The SMILES string of the molecule is O=[N+]([O-])c1ccc(Cl)nc1Oc1cc(F)cc(Br)c1. The third-order valence-electron chi connectivity index (χ3n) is 2.05. The van der Waals surface area contributed by atoms with Crippen LogP contribution in [0, 0.1) is 15.9 Å². The first-order valence-corrected chi connectivity index (χ1v) is 6.07. The quantitative estimate of drug-likeness (QED) is 0.471. The zero-order chi connectivity index (χ0) is 14.0. The van der Waals surface area contributed by atoms with Gasteiger partial charge in [-0.15, -0.1) is 0 Å². The van der Waals surface area contributed by atoms with Gasteiger partial charge in [0.25, 0.3) is 0 Å². The van der Waals surface area contributed by atoms with Crippen LogP contribution in [0.25, 0.3) is 0 Å². The number of ether oxygens (including phenoxy) is 1. The Labute approximate surface area is 120 Å². The van der Waals surface area contributed by atoms with Crippen molar-refractivity contribution in [2.24, 2.45) is 0 Å². The number of rotatable bonds is 3. The van der Waals surface area contributed by atoms with E-state index in [0.717, 1.165) is 6.07 Å². The molecule has 0 amide bonds. The Morgan fingerprint density at radius 3 is 2.74 bits per heavy atom. The fourth-order valence-corrected chi connectivity index (χ4v) is 1.91. The minimum atomic E-state index is -0.660. The van der Waals surface area contributed by atoms with Crippen molar-refractivity contribution in [3.05, 3.63) is 55.9 Å². The number of benzene rings is 1.